The standard InChI is InChI=1S/C19H22N2O4S/c1-11-19(26-13(3)20-11)12(2)21-18(23)7-5-15(22)14-4-6-16-17(10-14)25-9-8-24-16/h4,6,10,12H,5,7-9H2,1-3H3,(H,21,23). The van der Waals surface area contributed by atoms with Gasteiger partial charge in [-0.2, -0.15) is 0 Å². The zero-order valence-electron chi connectivity index (χ0n) is 15.1. The summed E-state index contributed by atoms with van der Waals surface area (Å²) in [4.78, 5) is 30.0. The van der Waals surface area contributed by atoms with Crippen LogP contribution in [0.3, 0.4) is 0 Å². The van der Waals surface area contributed by atoms with Crippen molar-refractivity contribution in [3.8, 4) is 11.5 Å². The fourth-order valence-corrected chi connectivity index (χ4v) is 3.85. The first-order valence-corrected chi connectivity index (χ1v) is 9.42. The number of aryl methyl sites for hydroxylation is 2. The highest BCUT2D eigenvalue weighted by atomic mass is 32.1. The van der Waals surface area contributed by atoms with Crippen molar-refractivity contribution in [2.75, 3.05) is 13.2 Å². The van der Waals surface area contributed by atoms with Crippen molar-refractivity contribution in [3.63, 3.8) is 0 Å². The first-order valence-electron chi connectivity index (χ1n) is 8.60. The smallest absolute Gasteiger partial charge is 0.220 e. The van der Waals surface area contributed by atoms with Crippen LogP contribution in [0.25, 0.3) is 0 Å². The molecule has 3 rings (SSSR count). The topological polar surface area (TPSA) is 77.5 Å². The van der Waals surface area contributed by atoms with Crippen molar-refractivity contribution in [3.05, 3.63) is 39.3 Å². The summed E-state index contributed by atoms with van der Waals surface area (Å²) in [6.07, 6.45) is 0.299. The van der Waals surface area contributed by atoms with E-state index < -0.39 is 0 Å². The minimum Gasteiger partial charge on any atom is -0.486 e. The van der Waals surface area contributed by atoms with Crippen LogP contribution < -0.4 is 14.8 Å². The van der Waals surface area contributed by atoms with Gasteiger partial charge in [-0.3, -0.25) is 9.59 Å². The van der Waals surface area contributed by atoms with Crippen LogP contribution in [-0.2, 0) is 4.79 Å². The molecule has 1 atom stereocenters. The zero-order valence-corrected chi connectivity index (χ0v) is 15.9. The van der Waals surface area contributed by atoms with Crippen molar-refractivity contribution in [2.45, 2.75) is 39.7 Å². The van der Waals surface area contributed by atoms with Gasteiger partial charge in [-0.25, -0.2) is 4.98 Å². The normalized spacial score (nSPS) is 14.0. The number of ketones is 1. The van der Waals surface area contributed by atoms with Gasteiger partial charge < -0.3 is 14.8 Å². The average molecular weight is 374 g/mol. The van der Waals surface area contributed by atoms with Gasteiger partial charge in [0.1, 0.15) is 13.2 Å². The number of rotatable bonds is 6. The second-order valence-electron chi connectivity index (χ2n) is 6.25. The molecule has 1 N–H and O–H groups in total. The van der Waals surface area contributed by atoms with Gasteiger partial charge in [-0.1, -0.05) is 0 Å². The van der Waals surface area contributed by atoms with Crippen LogP contribution in [0.4, 0.5) is 0 Å². The first kappa shape index (κ1) is 18.4. The van der Waals surface area contributed by atoms with Crippen LogP contribution in [0.1, 0.15) is 51.7 Å². The number of carbonyl (C=O) groups excluding carboxylic acids is 2. The molecule has 0 fully saturated rings. The zero-order chi connectivity index (χ0) is 18.7. The highest BCUT2D eigenvalue weighted by molar-refractivity contribution is 7.11. The molecule has 1 aliphatic rings. The predicted octanol–water partition coefficient (Wildman–Crippen LogP) is 3.37. The summed E-state index contributed by atoms with van der Waals surface area (Å²) >= 11 is 1.58. The molecular weight excluding hydrogens is 352 g/mol. The Bertz CT molecular complexity index is 831. The number of ether oxygens (including phenoxy) is 2. The van der Waals surface area contributed by atoms with E-state index in [-0.39, 0.29) is 30.6 Å². The lowest BCUT2D eigenvalue weighted by Gasteiger charge is -2.18. The van der Waals surface area contributed by atoms with E-state index >= 15 is 0 Å². The molecule has 1 aromatic carbocycles. The Kier molecular flexibility index (Phi) is 5.56. The summed E-state index contributed by atoms with van der Waals surface area (Å²) in [6.45, 7) is 6.80. The Morgan fingerprint density at radius 2 is 1.92 bits per heavy atom. The Labute approximate surface area is 156 Å². The summed E-state index contributed by atoms with van der Waals surface area (Å²) in [5.74, 6) is 0.995. The monoisotopic (exact) mass is 374 g/mol. The molecule has 6 nitrogen and oxygen atoms in total. The number of nitrogens with one attached hydrogen (secondary N) is 1. The Morgan fingerprint density at radius 3 is 2.62 bits per heavy atom. The van der Waals surface area contributed by atoms with E-state index in [2.05, 4.69) is 10.3 Å². The van der Waals surface area contributed by atoms with Gasteiger partial charge in [0, 0.05) is 23.3 Å². The van der Waals surface area contributed by atoms with E-state index in [0.717, 1.165) is 15.6 Å². The van der Waals surface area contributed by atoms with Gasteiger partial charge in [0.25, 0.3) is 0 Å². The molecule has 138 valence electrons. The van der Waals surface area contributed by atoms with Gasteiger partial charge in [0.2, 0.25) is 5.91 Å². The van der Waals surface area contributed by atoms with Crippen molar-refractivity contribution in [1.82, 2.24) is 10.3 Å². The molecule has 1 aromatic heterocycles. The maximum Gasteiger partial charge on any atom is 0.220 e. The van der Waals surface area contributed by atoms with E-state index in [0.29, 0.717) is 30.3 Å². The largest absolute Gasteiger partial charge is 0.486 e. The lowest BCUT2D eigenvalue weighted by atomic mass is 10.1. The maximum absolute atomic E-state index is 12.4. The van der Waals surface area contributed by atoms with E-state index in [1.165, 1.54) is 0 Å². The lowest BCUT2D eigenvalue weighted by Crippen LogP contribution is -2.26. The quantitative estimate of drug-likeness (QED) is 0.785. The third-order valence-corrected chi connectivity index (χ3v) is 5.41. The third kappa shape index (κ3) is 4.22. The second kappa shape index (κ2) is 7.86. The SMILES string of the molecule is Cc1nc(C)c(C(C)NC(=O)CCC(=O)c2ccc3c(c2)OCCO3)s1. The number of fused-ring (bicyclic) bond motifs is 1. The van der Waals surface area contributed by atoms with Crippen LogP contribution in [0.15, 0.2) is 18.2 Å². The maximum atomic E-state index is 12.4. The number of nitrogens with zero attached hydrogens (tertiary/aromatic N) is 1. The summed E-state index contributed by atoms with van der Waals surface area (Å²) in [6, 6.07) is 5.01. The third-order valence-electron chi connectivity index (χ3n) is 4.15. The lowest BCUT2D eigenvalue weighted by molar-refractivity contribution is -0.121. The fourth-order valence-electron chi connectivity index (χ4n) is 2.92. The molecule has 0 saturated heterocycles. The molecule has 0 saturated carbocycles. The minimum absolute atomic E-state index is 0.0883. The van der Waals surface area contributed by atoms with Crippen molar-refractivity contribution in [1.29, 1.82) is 0 Å². The highest BCUT2D eigenvalue weighted by Crippen LogP contribution is 2.31. The molecule has 1 aliphatic heterocycles. The number of amides is 1. The number of hydrogen-bond donors (Lipinski definition) is 1. The van der Waals surface area contributed by atoms with Gasteiger partial charge in [-0.15, -0.1) is 11.3 Å². The van der Waals surface area contributed by atoms with Gasteiger partial charge in [-0.05, 0) is 39.0 Å². The summed E-state index contributed by atoms with van der Waals surface area (Å²) in [5, 5.41) is 3.92. The predicted molar refractivity (Wildman–Crippen MR) is 99.1 cm³/mol. The van der Waals surface area contributed by atoms with Crippen LogP contribution in [0.5, 0.6) is 11.5 Å². The molecule has 1 unspecified atom stereocenters. The second-order valence-corrected chi connectivity index (χ2v) is 7.49. The molecule has 26 heavy (non-hydrogen) atoms. The summed E-state index contributed by atoms with van der Waals surface area (Å²) in [7, 11) is 0. The summed E-state index contributed by atoms with van der Waals surface area (Å²) in [5.41, 5.74) is 1.47. The molecular formula is C19H22N2O4S. The molecule has 2 aromatic rings. The fraction of sp³-hybridized carbons (Fsp3) is 0.421. The Hall–Kier alpha value is -2.41. The number of hydrogen-bond acceptors (Lipinski definition) is 6. The number of Topliss-reactive ketones (excluding diaryl/α,β-unsaturated/α-hetero) is 1. The number of aromatic nitrogens is 1. The molecule has 0 aliphatic carbocycles. The van der Waals surface area contributed by atoms with Gasteiger partial charge in [0.15, 0.2) is 17.3 Å². The first-order chi connectivity index (χ1) is 12.4. The average Bonchev–Trinajstić information content (AvgIpc) is 2.97. The van der Waals surface area contributed by atoms with E-state index in [1.54, 1.807) is 29.5 Å². The van der Waals surface area contributed by atoms with Crippen LogP contribution >= 0.6 is 11.3 Å². The van der Waals surface area contributed by atoms with Crippen LogP contribution in [0, 0.1) is 13.8 Å². The Balaban J connectivity index is 1.54. The molecule has 2 heterocycles. The minimum atomic E-state index is -0.145. The molecule has 7 heteroatoms. The van der Waals surface area contributed by atoms with Crippen LogP contribution in [-0.4, -0.2) is 29.9 Å². The van der Waals surface area contributed by atoms with E-state index in [1.807, 2.05) is 20.8 Å². The molecule has 1 amide bonds. The van der Waals surface area contributed by atoms with Crippen molar-refractivity contribution >= 4 is 23.0 Å². The van der Waals surface area contributed by atoms with Crippen molar-refractivity contribution < 1.29 is 19.1 Å². The molecule has 0 bridgehead atoms. The number of thiazole rings is 1. The van der Waals surface area contributed by atoms with E-state index in [9.17, 15) is 9.59 Å². The van der Waals surface area contributed by atoms with Gasteiger partial charge in [0.05, 0.1) is 16.7 Å². The van der Waals surface area contributed by atoms with Gasteiger partial charge >= 0.3 is 0 Å². The molecule has 0 spiro atoms. The van der Waals surface area contributed by atoms with E-state index in [4.69, 9.17) is 9.47 Å². The summed E-state index contributed by atoms with van der Waals surface area (Å²) < 4.78 is 10.9. The Morgan fingerprint density at radius 1 is 1.19 bits per heavy atom. The number of carbonyl (C=O) groups is 2. The van der Waals surface area contributed by atoms with Crippen LogP contribution in [0.2, 0.25) is 0 Å². The molecule has 0 radical (unpaired) electrons. The highest BCUT2D eigenvalue weighted by Gasteiger charge is 2.18. The number of benzene rings is 1. The van der Waals surface area contributed by atoms with Crippen molar-refractivity contribution in [2.24, 2.45) is 0 Å².